The molecule has 162 valence electrons. The van der Waals surface area contributed by atoms with E-state index < -0.39 is 0 Å². The van der Waals surface area contributed by atoms with Crippen LogP contribution in [0.3, 0.4) is 0 Å². The molecule has 1 atom stereocenters. The van der Waals surface area contributed by atoms with E-state index in [1.807, 2.05) is 12.1 Å². The second-order valence-electron chi connectivity index (χ2n) is 8.59. The molecule has 7 heteroatoms. The van der Waals surface area contributed by atoms with Gasteiger partial charge in [0.25, 0.3) is 0 Å². The maximum absolute atomic E-state index is 12.7. The van der Waals surface area contributed by atoms with Gasteiger partial charge in [-0.25, -0.2) is 0 Å². The zero-order valence-corrected chi connectivity index (χ0v) is 18.7. The number of amides is 1. The van der Waals surface area contributed by atoms with Crippen molar-refractivity contribution in [2.75, 3.05) is 5.75 Å². The van der Waals surface area contributed by atoms with E-state index in [0.29, 0.717) is 18.2 Å². The third-order valence-corrected chi connectivity index (χ3v) is 7.13. The predicted molar refractivity (Wildman–Crippen MR) is 120 cm³/mol. The average Bonchev–Trinajstić information content (AvgIpc) is 3.35. The highest BCUT2D eigenvalue weighted by Crippen LogP contribution is 2.40. The van der Waals surface area contributed by atoms with Gasteiger partial charge in [-0.2, -0.15) is 0 Å². The van der Waals surface area contributed by atoms with E-state index in [9.17, 15) is 4.79 Å². The molecule has 1 saturated carbocycles. The molecule has 0 bridgehead atoms. The second-order valence-corrected chi connectivity index (χ2v) is 9.54. The van der Waals surface area contributed by atoms with Gasteiger partial charge in [-0.05, 0) is 74.3 Å². The van der Waals surface area contributed by atoms with Gasteiger partial charge in [0.2, 0.25) is 5.91 Å². The third kappa shape index (κ3) is 4.71. The van der Waals surface area contributed by atoms with Crippen LogP contribution in [0.5, 0.6) is 0 Å². The zero-order chi connectivity index (χ0) is 21.2. The molecule has 2 aliphatic carbocycles. The van der Waals surface area contributed by atoms with Gasteiger partial charge in [0, 0.05) is 5.92 Å². The van der Waals surface area contributed by atoms with Crippen LogP contribution in [0.25, 0.3) is 0 Å². The summed E-state index contributed by atoms with van der Waals surface area (Å²) in [6.07, 6.45) is 8.85. The van der Waals surface area contributed by atoms with Gasteiger partial charge in [0.1, 0.15) is 11.6 Å². The molecule has 1 amide bonds. The summed E-state index contributed by atoms with van der Waals surface area (Å²) in [4.78, 5) is 12.7. The molecule has 0 spiro atoms. The molecular weight excluding hydrogens is 408 g/mol. The number of fused-ring (bicyclic) bond motifs is 1. The van der Waals surface area contributed by atoms with Crippen molar-refractivity contribution in [2.45, 2.75) is 69.1 Å². The average molecular weight is 437 g/mol. The van der Waals surface area contributed by atoms with Gasteiger partial charge >= 0.3 is 0 Å². The molecule has 5 rings (SSSR count). The van der Waals surface area contributed by atoms with E-state index in [-0.39, 0.29) is 11.9 Å². The number of rotatable bonds is 8. The summed E-state index contributed by atoms with van der Waals surface area (Å²) in [6, 6.07) is 10.5. The molecule has 3 aromatic rings. The molecule has 31 heavy (non-hydrogen) atoms. The molecule has 1 fully saturated rings. The first-order chi connectivity index (χ1) is 15.2. The second kappa shape index (κ2) is 8.91. The molecule has 0 radical (unpaired) electrons. The molecule has 1 aromatic carbocycles. The van der Waals surface area contributed by atoms with Crippen LogP contribution >= 0.6 is 11.8 Å². The van der Waals surface area contributed by atoms with E-state index in [0.717, 1.165) is 36.0 Å². The van der Waals surface area contributed by atoms with E-state index in [2.05, 4.69) is 45.2 Å². The van der Waals surface area contributed by atoms with E-state index in [4.69, 9.17) is 4.42 Å². The van der Waals surface area contributed by atoms with Crippen molar-refractivity contribution in [3.05, 3.63) is 64.9 Å². The Morgan fingerprint density at radius 3 is 2.84 bits per heavy atom. The molecule has 0 saturated heterocycles. The summed E-state index contributed by atoms with van der Waals surface area (Å²) >= 11 is 1.44. The smallest absolute Gasteiger partial charge is 0.230 e. The number of furan rings is 1. The lowest BCUT2D eigenvalue weighted by atomic mass is 9.89. The summed E-state index contributed by atoms with van der Waals surface area (Å²) < 4.78 is 7.62. The Labute approximate surface area is 186 Å². The number of nitrogens with zero attached hydrogens (tertiary/aromatic N) is 3. The molecule has 2 heterocycles. The number of hydrogen-bond acceptors (Lipinski definition) is 5. The van der Waals surface area contributed by atoms with Gasteiger partial charge < -0.3 is 9.73 Å². The van der Waals surface area contributed by atoms with Crippen LogP contribution in [0, 0.1) is 0 Å². The van der Waals surface area contributed by atoms with Crippen LogP contribution in [-0.4, -0.2) is 26.4 Å². The van der Waals surface area contributed by atoms with Gasteiger partial charge in [-0.3, -0.25) is 9.36 Å². The molecular formula is C24H28N4O2S. The van der Waals surface area contributed by atoms with Crippen molar-refractivity contribution in [2.24, 2.45) is 0 Å². The normalized spacial score (nSPS) is 16.7. The summed E-state index contributed by atoms with van der Waals surface area (Å²) in [6.45, 7) is 2.65. The Morgan fingerprint density at radius 2 is 2.06 bits per heavy atom. The first-order valence-electron chi connectivity index (χ1n) is 11.2. The molecule has 2 aromatic heterocycles. The number of carbonyl (C=O) groups is 1. The van der Waals surface area contributed by atoms with Crippen molar-refractivity contribution in [3.8, 4) is 0 Å². The molecule has 1 N–H and O–H groups in total. The standard InChI is InChI=1S/C24H28N4O2S/c1-16(19-11-8-17-5-2-3-6-20(17)13-19)25-22(29)15-31-24-27-26-23(18-9-10-18)28(24)14-21-7-4-12-30-21/h4,7-8,11-13,16,18H,2-3,5-6,9-10,14-15H2,1H3,(H,25,29). The van der Waals surface area contributed by atoms with Crippen LogP contribution in [0.2, 0.25) is 0 Å². The van der Waals surface area contributed by atoms with Crippen LogP contribution in [0.1, 0.15) is 72.8 Å². The number of nitrogens with one attached hydrogen (secondary N) is 1. The molecule has 1 unspecified atom stereocenters. The lowest BCUT2D eigenvalue weighted by Gasteiger charge is -2.20. The van der Waals surface area contributed by atoms with Crippen LogP contribution in [0.15, 0.2) is 46.2 Å². The van der Waals surface area contributed by atoms with Crippen LogP contribution in [-0.2, 0) is 24.2 Å². The van der Waals surface area contributed by atoms with Crippen molar-refractivity contribution in [1.82, 2.24) is 20.1 Å². The maximum Gasteiger partial charge on any atom is 0.230 e. The summed E-state index contributed by atoms with van der Waals surface area (Å²) in [5.41, 5.74) is 4.08. The fraction of sp³-hybridized carbons (Fsp3) is 0.458. The number of thioether (sulfide) groups is 1. The van der Waals surface area contributed by atoms with E-state index in [1.54, 1.807) is 6.26 Å². The number of carbonyl (C=O) groups excluding carboxylic acids is 1. The van der Waals surface area contributed by atoms with Crippen LogP contribution in [0.4, 0.5) is 0 Å². The Morgan fingerprint density at radius 1 is 1.23 bits per heavy atom. The molecule has 2 aliphatic rings. The Kier molecular flexibility index (Phi) is 5.85. The quantitative estimate of drug-likeness (QED) is 0.521. The fourth-order valence-corrected chi connectivity index (χ4v) is 5.03. The molecule has 0 aliphatic heterocycles. The largest absolute Gasteiger partial charge is 0.467 e. The lowest BCUT2D eigenvalue weighted by Crippen LogP contribution is -2.28. The van der Waals surface area contributed by atoms with Crippen molar-refractivity contribution < 1.29 is 9.21 Å². The van der Waals surface area contributed by atoms with Crippen molar-refractivity contribution in [1.29, 1.82) is 0 Å². The SMILES string of the molecule is CC(NC(=O)CSc1nnc(C2CC2)n1Cc1ccco1)c1ccc2c(c1)CCCC2. The highest BCUT2D eigenvalue weighted by Gasteiger charge is 2.31. The number of benzene rings is 1. The first kappa shape index (κ1) is 20.4. The Bertz CT molecular complexity index is 1060. The minimum Gasteiger partial charge on any atom is -0.467 e. The first-order valence-corrected chi connectivity index (χ1v) is 12.2. The van der Waals surface area contributed by atoms with E-state index >= 15 is 0 Å². The Balaban J connectivity index is 1.21. The monoisotopic (exact) mass is 436 g/mol. The zero-order valence-electron chi connectivity index (χ0n) is 17.8. The minimum absolute atomic E-state index is 0.00995. The highest BCUT2D eigenvalue weighted by atomic mass is 32.2. The van der Waals surface area contributed by atoms with Gasteiger partial charge in [0.15, 0.2) is 5.16 Å². The summed E-state index contributed by atoms with van der Waals surface area (Å²) in [7, 11) is 0. The summed E-state index contributed by atoms with van der Waals surface area (Å²) in [5, 5.41) is 12.7. The number of aromatic nitrogens is 3. The van der Waals surface area contributed by atoms with Crippen molar-refractivity contribution in [3.63, 3.8) is 0 Å². The predicted octanol–water partition coefficient (Wildman–Crippen LogP) is 4.65. The van der Waals surface area contributed by atoms with Gasteiger partial charge in [-0.15, -0.1) is 10.2 Å². The molecule has 6 nitrogen and oxygen atoms in total. The Hall–Kier alpha value is -2.54. The fourth-order valence-electron chi connectivity index (χ4n) is 4.28. The number of aryl methyl sites for hydroxylation is 2. The maximum atomic E-state index is 12.7. The highest BCUT2D eigenvalue weighted by molar-refractivity contribution is 7.99. The number of hydrogen-bond donors (Lipinski definition) is 1. The van der Waals surface area contributed by atoms with Crippen molar-refractivity contribution >= 4 is 17.7 Å². The summed E-state index contributed by atoms with van der Waals surface area (Å²) in [5.74, 6) is 2.68. The van der Waals surface area contributed by atoms with E-state index in [1.165, 1.54) is 47.7 Å². The van der Waals surface area contributed by atoms with Gasteiger partial charge in [-0.1, -0.05) is 30.0 Å². The topological polar surface area (TPSA) is 73.0 Å². The third-order valence-electron chi connectivity index (χ3n) is 6.16. The lowest BCUT2D eigenvalue weighted by molar-refractivity contribution is -0.119. The van der Waals surface area contributed by atoms with Gasteiger partial charge in [0.05, 0.1) is 24.6 Å². The minimum atomic E-state index is -0.0108. The van der Waals surface area contributed by atoms with Crippen LogP contribution < -0.4 is 5.32 Å².